The summed E-state index contributed by atoms with van der Waals surface area (Å²) in [5, 5.41) is 19.9. The number of furan rings is 4. The smallest absolute Gasteiger partial charge is 0.391 e. The Morgan fingerprint density at radius 2 is 0.833 bits per heavy atom. The van der Waals surface area contributed by atoms with Gasteiger partial charge in [0.2, 0.25) is 20.4 Å². The number of nitrogens with zero attached hydrogens (tertiary/aromatic N) is 4. The highest BCUT2D eigenvalue weighted by atomic mass is 32.2. The van der Waals surface area contributed by atoms with Crippen LogP contribution in [0.15, 0.2) is 159 Å². The van der Waals surface area contributed by atoms with Gasteiger partial charge in [0.05, 0.1) is 53.0 Å². The first-order valence-corrected chi connectivity index (χ1v) is 46.4. The molecule has 8 N–H and O–H groups in total. The van der Waals surface area contributed by atoms with Crippen molar-refractivity contribution in [2.24, 2.45) is 5.92 Å². The highest BCUT2D eigenvalue weighted by Gasteiger charge is 2.45. The minimum Gasteiger partial charge on any atom is -0.446 e. The van der Waals surface area contributed by atoms with Crippen LogP contribution in [0.3, 0.4) is 0 Å². The molecule has 4 aromatic carbocycles. The average Bonchev–Trinajstić information content (AvgIpc) is 1.17. The molecule has 0 spiro atoms. The molecule has 686 valence electrons. The van der Waals surface area contributed by atoms with Crippen molar-refractivity contribution in [1.29, 1.82) is 0 Å². The Morgan fingerprint density at radius 3 is 1.28 bits per heavy atom. The van der Waals surface area contributed by atoms with Crippen molar-refractivity contribution in [2.75, 3.05) is 106 Å². The number of alkyl halides is 7. The number of anilines is 6. The Bertz CT molecular complexity index is 5680. The summed E-state index contributed by atoms with van der Waals surface area (Å²) in [5.74, 6) is -6.66. The summed E-state index contributed by atoms with van der Waals surface area (Å²) in [4.78, 5) is 49.7. The van der Waals surface area contributed by atoms with Gasteiger partial charge in [0, 0.05) is 146 Å². The van der Waals surface area contributed by atoms with Gasteiger partial charge in [-0.15, -0.1) is 0 Å². The minimum absolute atomic E-state index is 0.0249. The fourth-order valence-corrected chi connectivity index (χ4v) is 20.9. The van der Waals surface area contributed by atoms with Crippen molar-refractivity contribution in [3.05, 3.63) is 183 Å². The van der Waals surface area contributed by atoms with Crippen LogP contribution in [-0.2, 0) is 85.5 Å². The van der Waals surface area contributed by atoms with E-state index in [1.54, 1.807) is 34.3 Å². The quantitative estimate of drug-likeness (QED) is 0.0292. The molecule has 0 unspecified atom stereocenters. The largest absolute Gasteiger partial charge is 0.446 e. The maximum atomic E-state index is 13.7. The molecule has 8 heterocycles. The van der Waals surface area contributed by atoms with Crippen molar-refractivity contribution in [2.45, 2.75) is 188 Å². The number of allylic oxidation sites excluding steroid dienone is 1. The molecule has 4 saturated heterocycles. The zero-order chi connectivity index (χ0) is 91.4. The monoisotopic (exact) mass is 1840 g/mol. The molecular formula is C84H103F7N12O19S4. The maximum Gasteiger partial charge on any atom is 0.391 e. The number of methoxy groups -OCH3 is 3. The molecule has 0 radical (unpaired) electrons. The number of carbonyl (C=O) groups excluding carboxylic acids is 4. The fraction of sp³-hybridized carbons (Fsp3) is 0.452. The van der Waals surface area contributed by atoms with E-state index >= 15 is 0 Å². The van der Waals surface area contributed by atoms with E-state index in [1.807, 2.05) is 54.6 Å². The van der Waals surface area contributed by atoms with Crippen LogP contribution in [0.2, 0.25) is 0 Å². The van der Waals surface area contributed by atoms with Crippen molar-refractivity contribution < 1.29 is 115 Å². The number of nitrogens with one attached hydrogen (secondary N) is 8. The zero-order valence-electron chi connectivity index (χ0n) is 70.7. The SMILES string of the molecule is COC1CCN(S(=O)(=O)c2cc(NC(=O)NCc3ccccc3C(C)(F)F)c(C)o2)CC1.COC1CCN(S(=O)(=O)c2cc(NC(=O)Nc3cccc(C(C)(F)F)c3)c(C)o2)CC1.COC1CCN(S(=O)(=O)c2cc(NC(=O)Nc3cccc4c3C=CC4)c(C)o2)CC1.Cc1oc(S(=O)(=O)N2CCC(C(F)(F)F)CC2)cc1NC(=O)N[C@@H]1CCCc2ccccc21. The van der Waals surface area contributed by atoms with Crippen LogP contribution in [0.25, 0.3) is 6.08 Å². The van der Waals surface area contributed by atoms with Crippen LogP contribution in [-0.4, -0.2) is 173 Å². The molecule has 31 nitrogen and oxygen atoms in total. The van der Waals surface area contributed by atoms with E-state index in [1.165, 1.54) is 106 Å². The van der Waals surface area contributed by atoms with E-state index in [2.05, 4.69) is 42.5 Å². The molecule has 14 rings (SSSR count). The summed E-state index contributed by atoms with van der Waals surface area (Å²) in [6, 6.07) is 27.4. The average molecular weight is 1850 g/mol. The van der Waals surface area contributed by atoms with Gasteiger partial charge in [-0.1, -0.05) is 84.9 Å². The van der Waals surface area contributed by atoms with Gasteiger partial charge in [0.15, 0.2) is 0 Å². The fourth-order valence-electron chi connectivity index (χ4n) is 15.2. The topological polar surface area (TPSA) is 394 Å². The Morgan fingerprint density at radius 1 is 0.437 bits per heavy atom. The number of hydrogen-bond donors (Lipinski definition) is 8. The Hall–Kier alpha value is -10.2. The lowest BCUT2D eigenvalue weighted by molar-refractivity contribution is -0.182. The Labute approximate surface area is 726 Å². The van der Waals surface area contributed by atoms with Gasteiger partial charge in [0.1, 0.15) is 23.0 Å². The van der Waals surface area contributed by atoms with Crippen LogP contribution < -0.4 is 42.5 Å². The summed E-state index contributed by atoms with van der Waals surface area (Å²) < 4.78 is 239. The lowest BCUT2D eigenvalue weighted by Gasteiger charge is -2.31. The molecular weight excluding hydrogens is 1740 g/mol. The molecule has 2 aliphatic carbocycles. The number of sulfonamides is 4. The Kier molecular flexibility index (Phi) is 31.3. The van der Waals surface area contributed by atoms with Crippen LogP contribution in [0.5, 0.6) is 0 Å². The van der Waals surface area contributed by atoms with Gasteiger partial charge in [-0.25, -0.2) is 70.4 Å². The summed E-state index contributed by atoms with van der Waals surface area (Å²) in [6.07, 6.45) is 6.37. The summed E-state index contributed by atoms with van der Waals surface area (Å²) in [5.41, 5.74) is 5.99. The molecule has 42 heteroatoms. The predicted molar refractivity (Wildman–Crippen MR) is 454 cm³/mol. The summed E-state index contributed by atoms with van der Waals surface area (Å²) in [7, 11) is -10.8. The second kappa shape index (κ2) is 40.9. The van der Waals surface area contributed by atoms with Crippen LogP contribution >= 0.6 is 0 Å². The lowest BCUT2D eigenvalue weighted by atomic mass is 9.88. The Balaban J connectivity index is 0.000000163. The first-order chi connectivity index (χ1) is 59.5. The van der Waals surface area contributed by atoms with Crippen LogP contribution in [0, 0.1) is 33.6 Å². The number of halogens is 7. The van der Waals surface area contributed by atoms with E-state index in [9.17, 15) is 83.6 Å². The number of urea groups is 4. The van der Waals surface area contributed by atoms with E-state index in [4.69, 9.17) is 31.9 Å². The van der Waals surface area contributed by atoms with Gasteiger partial charge in [-0.05, 0) is 145 Å². The van der Waals surface area contributed by atoms with Crippen molar-refractivity contribution in [3.63, 3.8) is 0 Å². The number of benzene rings is 4. The molecule has 8 aromatic rings. The van der Waals surface area contributed by atoms with Crippen molar-refractivity contribution >= 4 is 104 Å². The third-order valence-electron chi connectivity index (χ3n) is 22.4. The molecule has 4 fully saturated rings. The van der Waals surface area contributed by atoms with E-state index in [0.717, 1.165) is 60.5 Å². The van der Waals surface area contributed by atoms with E-state index in [0.29, 0.717) is 94.9 Å². The highest BCUT2D eigenvalue weighted by Crippen LogP contribution is 2.40. The molecule has 0 bridgehead atoms. The predicted octanol–water partition coefficient (Wildman–Crippen LogP) is 16.3. The first-order valence-electron chi connectivity index (χ1n) is 40.6. The van der Waals surface area contributed by atoms with E-state index < -0.39 is 93.2 Å². The third kappa shape index (κ3) is 24.2. The molecule has 1 atom stereocenters. The van der Waals surface area contributed by atoms with Crippen molar-refractivity contribution in [1.82, 2.24) is 27.9 Å². The summed E-state index contributed by atoms with van der Waals surface area (Å²) in [6.45, 7) is 9.11. The van der Waals surface area contributed by atoms with Gasteiger partial charge >= 0.3 is 30.3 Å². The number of hydrogen-bond acceptors (Lipinski definition) is 19. The normalized spacial score (nSPS) is 17.5. The van der Waals surface area contributed by atoms with Crippen LogP contribution in [0.4, 0.5) is 84.0 Å². The number of ether oxygens (including phenoxy) is 3. The number of rotatable bonds is 22. The van der Waals surface area contributed by atoms with Crippen LogP contribution in [0.1, 0.15) is 146 Å². The number of carbonyl (C=O) groups is 4. The molecule has 126 heavy (non-hydrogen) atoms. The molecule has 0 saturated carbocycles. The summed E-state index contributed by atoms with van der Waals surface area (Å²) >= 11 is 0. The molecule has 6 aliphatic rings. The minimum atomic E-state index is -4.33. The molecule has 8 amide bonds. The van der Waals surface area contributed by atoms with Crippen molar-refractivity contribution in [3.8, 4) is 0 Å². The van der Waals surface area contributed by atoms with Gasteiger partial charge < -0.3 is 74.4 Å². The van der Waals surface area contributed by atoms with Gasteiger partial charge in [0.25, 0.3) is 51.9 Å². The van der Waals surface area contributed by atoms with E-state index in [-0.39, 0.29) is 129 Å². The zero-order valence-corrected chi connectivity index (χ0v) is 74.0. The number of fused-ring (bicyclic) bond motifs is 2. The standard InChI is InChI=1S/C22H26F3N3O4S.C21H27F2N3O5S.C21H25N3O5S.C20H25F2N3O5S/c1-14-19(27-21(29)26-18-8-4-6-15-5-2-3-7-17(15)18)13-20(32-14)33(30,31)28-11-9-16(10-12-28)22(23,24)25;1-14-18(12-19(31-14)32(28,29)26-10-8-16(30-3)9-11-26)25-20(27)24-13-15-6-4-5-7-17(15)21(2,22)23;1-14-19(23-21(25)22-18-8-4-6-15-5-3-7-17(15)18)13-20(29-14)30(26,27)24-11-9-16(28-2)10-12-24;1-13-17(24-19(26)23-15-6-4-5-14(11-15)20(2,21)22)12-18(30-13)31(27,28)25-9-7-16(29-3)8-10-25/h2-3,5,7,13,16,18H,4,6,8-12H2,1H3,(H2,26,27,29);4-7,12,16H,8-11,13H2,1-3H3,(H2,24,25,27);3-4,6-8,13,16H,5,9-12H2,1-2H3,(H2,22,23,25);4-6,11-12,16H,7-10H2,1-3H3,(H2,23,24,26)/t18-;;;/m1.../s1. The molecule has 4 aliphatic heterocycles. The lowest BCUT2D eigenvalue weighted by Crippen LogP contribution is -2.41. The van der Waals surface area contributed by atoms with Gasteiger partial charge in [-0.3, -0.25) is 0 Å². The third-order valence-corrected chi connectivity index (χ3v) is 29.4. The highest BCUT2D eigenvalue weighted by molar-refractivity contribution is 7.89. The second-order valence-corrected chi connectivity index (χ2v) is 38.6. The maximum absolute atomic E-state index is 13.7. The number of aryl methyl sites for hydroxylation is 5. The second-order valence-electron chi connectivity index (χ2n) is 31.1. The molecule has 4 aromatic heterocycles. The number of amides is 8. The number of piperidine rings is 4. The van der Waals surface area contributed by atoms with Gasteiger partial charge in [-0.2, -0.15) is 30.4 Å². The first kappa shape index (κ1) is 96.5.